The van der Waals surface area contributed by atoms with Gasteiger partial charge < -0.3 is 0 Å². The fourth-order valence-electron chi connectivity index (χ4n) is 8.17. The standard InChI is InChI=1S/2C19H19ClF2NO.2C5H5.Ti/c2*1-2-3-4-5-7-13-8-6-9-15(18(13)20)19(24)23-17-11-10-14(21)12-16(17)22;2*1-2-4-5-3-1;/h2*6,8-11H,2-5,7H2,1H3,(H,23,24);2*1-3H,4H2;. The summed E-state index contributed by atoms with van der Waals surface area (Å²) >= 11 is 8.11. The second-order valence-corrected chi connectivity index (χ2v) is 21.7. The molecule has 4 aromatic carbocycles. The summed E-state index contributed by atoms with van der Waals surface area (Å²) in [7, 11) is 0. The van der Waals surface area contributed by atoms with Gasteiger partial charge in [-0.15, -0.1) is 0 Å². The van der Waals surface area contributed by atoms with Gasteiger partial charge in [-0.3, -0.25) is 0 Å². The number of allylic oxidation sites excluding steroid dienone is 8. The van der Waals surface area contributed by atoms with Gasteiger partial charge >= 0.3 is 333 Å². The Morgan fingerprint density at radius 1 is 0.593 bits per heavy atom. The number of hydrogen-bond acceptors (Lipinski definition) is 2. The van der Waals surface area contributed by atoms with Gasteiger partial charge in [0.05, 0.1) is 0 Å². The van der Waals surface area contributed by atoms with Crippen LogP contribution in [0.5, 0.6) is 0 Å². The van der Waals surface area contributed by atoms with Gasteiger partial charge in [0.25, 0.3) is 0 Å². The number of hydrogen-bond donors (Lipinski definition) is 2. The summed E-state index contributed by atoms with van der Waals surface area (Å²) in [6, 6.07) is 14.4. The van der Waals surface area contributed by atoms with Gasteiger partial charge in [0.2, 0.25) is 0 Å². The molecule has 0 aliphatic heterocycles. The fourth-order valence-corrected chi connectivity index (χ4v) is 17.1. The molecule has 2 aliphatic rings. The predicted molar refractivity (Wildman–Crippen MR) is 230 cm³/mol. The summed E-state index contributed by atoms with van der Waals surface area (Å²) in [5.74, 6) is -5.72. The molecule has 0 atom stereocenters. The first-order chi connectivity index (χ1) is 28.5. The van der Waals surface area contributed by atoms with Crippen LogP contribution < -0.4 is 18.4 Å². The van der Waals surface area contributed by atoms with Gasteiger partial charge in [0.15, 0.2) is 0 Å². The van der Waals surface area contributed by atoms with E-state index >= 15 is 17.6 Å². The fraction of sp³-hybridized carbons (Fsp3) is 0.292. The number of nitrogens with one attached hydrogen (secondary N) is 2. The molecule has 2 N–H and O–H groups in total. The normalized spacial score (nSPS) is 13.5. The molecule has 0 aromatic heterocycles. The molecule has 0 spiro atoms. The number of benzene rings is 4. The van der Waals surface area contributed by atoms with Crippen LogP contribution in [0.2, 0.25) is 10.0 Å². The van der Waals surface area contributed by atoms with Crippen LogP contribution in [-0.2, 0) is 29.4 Å². The summed E-state index contributed by atoms with van der Waals surface area (Å²) in [5, 5.41) is 5.67. The SMILES string of the molecule is CCCCCCc1cccc(C(=O)Nc2ccc(F)[c]([Ti]([C]3=CC=CC3)([C]3=CC=CC3)[c]3c(F)ccc(NC(=O)c4cccc(CCCCCC)c4Cl)c3F)c2F)c1Cl. The van der Waals surface area contributed by atoms with E-state index in [1.165, 1.54) is 12.1 Å². The molecule has 0 saturated heterocycles. The molecule has 4 aromatic rings. The number of carbonyl (C=O) groups is 2. The van der Waals surface area contributed by atoms with Crippen molar-refractivity contribution in [3.63, 3.8) is 0 Å². The van der Waals surface area contributed by atoms with Gasteiger partial charge in [-0.1, -0.05) is 26.7 Å². The average Bonchev–Trinajstić information content (AvgIpc) is 3.97. The Morgan fingerprint density at radius 2 is 1.02 bits per heavy atom. The van der Waals surface area contributed by atoms with Crippen molar-refractivity contribution in [2.75, 3.05) is 10.6 Å². The molecule has 0 heterocycles. The quantitative estimate of drug-likeness (QED) is 0.0594. The van der Waals surface area contributed by atoms with Gasteiger partial charge in [0.1, 0.15) is 0 Å². The first kappa shape index (κ1) is 44.3. The zero-order chi connectivity index (χ0) is 42.1. The van der Waals surface area contributed by atoms with Crippen molar-refractivity contribution in [1.29, 1.82) is 0 Å². The van der Waals surface area contributed by atoms with Crippen molar-refractivity contribution in [3.05, 3.63) is 160 Å². The van der Waals surface area contributed by atoms with E-state index in [1.807, 2.05) is 12.1 Å². The monoisotopic (exact) mass is 878 g/mol. The molecule has 308 valence electrons. The van der Waals surface area contributed by atoms with Gasteiger partial charge in [-0.2, -0.15) is 0 Å². The number of unbranched alkanes of at least 4 members (excludes halogenated alkanes) is 6. The molecule has 0 saturated carbocycles. The van der Waals surface area contributed by atoms with Crippen LogP contribution in [0.3, 0.4) is 0 Å². The number of anilines is 2. The molecular formula is C48H48Cl2F4N2O2Ti. The molecule has 0 fully saturated rings. The van der Waals surface area contributed by atoms with Crippen molar-refractivity contribution < 1.29 is 43.7 Å². The van der Waals surface area contributed by atoms with Crippen molar-refractivity contribution in [1.82, 2.24) is 0 Å². The summed E-state index contributed by atoms with van der Waals surface area (Å²) in [4.78, 5) is 27.6. The van der Waals surface area contributed by atoms with Crippen LogP contribution in [0, 0.1) is 23.3 Å². The molecule has 0 unspecified atom stereocenters. The van der Waals surface area contributed by atoms with Crippen LogP contribution >= 0.6 is 23.2 Å². The van der Waals surface area contributed by atoms with E-state index in [-0.39, 0.29) is 45.4 Å². The van der Waals surface area contributed by atoms with Crippen molar-refractivity contribution in [2.24, 2.45) is 0 Å². The van der Waals surface area contributed by atoms with E-state index in [0.717, 1.165) is 86.8 Å². The molecule has 0 radical (unpaired) electrons. The third kappa shape index (κ3) is 9.42. The second-order valence-electron chi connectivity index (χ2n) is 15.1. The average molecular weight is 880 g/mol. The molecule has 2 aliphatic carbocycles. The molecule has 0 bridgehead atoms. The van der Waals surface area contributed by atoms with Gasteiger partial charge in [-0.05, 0) is 0 Å². The van der Waals surface area contributed by atoms with Crippen LogP contribution in [0.15, 0.2) is 105 Å². The minimum atomic E-state index is -5.34. The molecular weight excluding hydrogens is 831 g/mol. The van der Waals surface area contributed by atoms with E-state index in [4.69, 9.17) is 23.2 Å². The van der Waals surface area contributed by atoms with Crippen LogP contribution in [0.25, 0.3) is 0 Å². The second kappa shape index (κ2) is 20.4. The van der Waals surface area contributed by atoms with Crippen LogP contribution in [-0.4, -0.2) is 11.8 Å². The van der Waals surface area contributed by atoms with Crippen molar-refractivity contribution >= 4 is 54.1 Å². The number of amides is 2. The maximum atomic E-state index is 17.5. The molecule has 11 heteroatoms. The number of rotatable bonds is 18. The third-order valence-electron chi connectivity index (χ3n) is 11.2. The Morgan fingerprint density at radius 3 is 1.39 bits per heavy atom. The first-order valence-corrected chi connectivity index (χ1v) is 24.3. The summed E-state index contributed by atoms with van der Waals surface area (Å²) in [6.07, 6.45) is 20.1. The maximum absolute atomic E-state index is 17.5. The zero-order valence-electron chi connectivity index (χ0n) is 33.3. The Labute approximate surface area is 357 Å². The minimum absolute atomic E-state index is 0.116. The number of halogens is 6. The summed E-state index contributed by atoms with van der Waals surface area (Å²) in [6.45, 7) is 4.23. The van der Waals surface area contributed by atoms with Crippen molar-refractivity contribution in [3.8, 4) is 0 Å². The third-order valence-corrected chi connectivity index (χ3v) is 20.0. The number of aryl methyl sites for hydroxylation is 2. The molecule has 6 rings (SSSR count). The Kier molecular flexibility index (Phi) is 15.3. The zero-order valence-corrected chi connectivity index (χ0v) is 36.4. The van der Waals surface area contributed by atoms with Crippen LogP contribution in [0.4, 0.5) is 28.9 Å². The van der Waals surface area contributed by atoms with Crippen LogP contribution in [0.1, 0.15) is 110 Å². The molecule has 2 amide bonds. The van der Waals surface area contributed by atoms with E-state index in [9.17, 15) is 9.59 Å². The van der Waals surface area contributed by atoms with E-state index in [2.05, 4.69) is 24.5 Å². The van der Waals surface area contributed by atoms with Gasteiger partial charge in [-0.25, -0.2) is 0 Å². The summed E-state index contributed by atoms with van der Waals surface area (Å²) in [5.41, 5.74) is 1.07. The van der Waals surface area contributed by atoms with E-state index in [1.54, 1.807) is 48.6 Å². The van der Waals surface area contributed by atoms with Crippen molar-refractivity contribution in [2.45, 2.75) is 90.9 Å². The topological polar surface area (TPSA) is 58.2 Å². The van der Waals surface area contributed by atoms with Gasteiger partial charge in [0, 0.05) is 0 Å². The summed E-state index contributed by atoms with van der Waals surface area (Å²) < 4.78 is 68.3. The molecule has 4 nitrogen and oxygen atoms in total. The number of carbonyl (C=O) groups excluding carboxylic acids is 2. The predicted octanol–water partition coefficient (Wildman–Crippen LogP) is 13.1. The van der Waals surface area contributed by atoms with E-state index < -0.39 is 59.4 Å². The molecule has 59 heavy (non-hydrogen) atoms. The Balaban J connectivity index is 1.44. The van der Waals surface area contributed by atoms with E-state index in [0.29, 0.717) is 20.6 Å². The first-order valence-electron chi connectivity index (χ1n) is 20.4. The Hall–Kier alpha value is -4.21. The Bertz CT molecular complexity index is 2190.